The second-order valence-electron chi connectivity index (χ2n) is 4.53. The first-order valence-corrected chi connectivity index (χ1v) is 9.19. The number of nitrogen functional groups attached to an aromatic ring is 1. The maximum Gasteiger partial charge on any atom is 0.142 e. The zero-order chi connectivity index (χ0) is 14.8. The molecule has 0 spiro atoms. The molecule has 0 saturated carbocycles. The molecule has 0 amide bonds. The number of aryl methyl sites for hydroxylation is 1. The van der Waals surface area contributed by atoms with Gasteiger partial charge in [-0.05, 0) is 40.5 Å². The van der Waals surface area contributed by atoms with Gasteiger partial charge in [0.05, 0.1) is 11.1 Å². The number of anilines is 1. The van der Waals surface area contributed by atoms with Crippen LogP contribution in [0.15, 0.2) is 39.7 Å². The van der Waals surface area contributed by atoms with E-state index in [1.807, 2.05) is 18.2 Å². The van der Waals surface area contributed by atoms with E-state index in [1.54, 1.807) is 23.1 Å². The van der Waals surface area contributed by atoms with Crippen LogP contribution in [0.5, 0.6) is 0 Å². The van der Waals surface area contributed by atoms with Gasteiger partial charge in [0.2, 0.25) is 0 Å². The minimum absolute atomic E-state index is 0.582. The predicted octanol–water partition coefficient (Wildman–Crippen LogP) is 4.89. The Kier molecular flexibility index (Phi) is 4.47. The van der Waals surface area contributed by atoms with Crippen molar-refractivity contribution >= 4 is 55.1 Å². The number of fused-ring (bicyclic) bond motifs is 1. The van der Waals surface area contributed by atoms with Crippen LogP contribution in [-0.4, -0.2) is 9.97 Å². The number of nitrogens with zero attached hydrogens (tertiary/aromatic N) is 2. The van der Waals surface area contributed by atoms with Crippen LogP contribution in [-0.2, 0) is 12.2 Å². The fourth-order valence-corrected chi connectivity index (χ4v) is 4.40. The summed E-state index contributed by atoms with van der Waals surface area (Å²) >= 11 is 6.96. The summed E-state index contributed by atoms with van der Waals surface area (Å²) < 4.78 is 1.09. The molecule has 2 aromatic heterocycles. The fourth-order valence-electron chi connectivity index (χ4n) is 1.98. The van der Waals surface area contributed by atoms with Crippen molar-refractivity contribution in [1.29, 1.82) is 0 Å². The maximum atomic E-state index is 6.06. The van der Waals surface area contributed by atoms with Gasteiger partial charge in [-0.15, -0.1) is 23.1 Å². The largest absolute Gasteiger partial charge is 0.383 e. The lowest BCUT2D eigenvalue weighted by Crippen LogP contribution is -1.98. The molecule has 3 nitrogen and oxygen atoms in total. The van der Waals surface area contributed by atoms with Crippen molar-refractivity contribution in [2.24, 2.45) is 0 Å². The third-order valence-corrected chi connectivity index (χ3v) is 6.26. The molecular formula is C15H14BrN3S2. The summed E-state index contributed by atoms with van der Waals surface area (Å²) in [6, 6.07) is 10.2. The first kappa shape index (κ1) is 14.8. The average Bonchev–Trinajstić information content (AvgIpc) is 2.90. The normalized spacial score (nSPS) is 11.1. The second-order valence-corrected chi connectivity index (χ2v) is 7.52. The lowest BCUT2D eigenvalue weighted by atomic mass is 10.3. The quantitative estimate of drug-likeness (QED) is 0.655. The highest BCUT2D eigenvalue weighted by Gasteiger charge is 2.10. The van der Waals surface area contributed by atoms with Crippen molar-refractivity contribution in [3.63, 3.8) is 0 Å². The Bertz CT molecular complexity index is 786. The van der Waals surface area contributed by atoms with E-state index in [0.717, 1.165) is 26.9 Å². The molecule has 6 heteroatoms. The van der Waals surface area contributed by atoms with E-state index in [2.05, 4.69) is 45.0 Å². The SMILES string of the molecule is CCc1cc2c(N)nc(CSc3ccccc3Br)nc2s1. The summed E-state index contributed by atoms with van der Waals surface area (Å²) in [4.78, 5) is 12.5. The van der Waals surface area contributed by atoms with Gasteiger partial charge in [-0.3, -0.25) is 0 Å². The molecule has 0 unspecified atom stereocenters. The number of benzene rings is 1. The first-order valence-electron chi connectivity index (χ1n) is 6.59. The fraction of sp³-hybridized carbons (Fsp3) is 0.200. The molecule has 21 heavy (non-hydrogen) atoms. The van der Waals surface area contributed by atoms with Crippen LogP contribution in [0, 0.1) is 0 Å². The molecule has 2 heterocycles. The molecule has 2 N–H and O–H groups in total. The molecule has 1 aromatic carbocycles. The molecule has 0 fully saturated rings. The number of aromatic nitrogens is 2. The van der Waals surface area contributed by atoms with Crippen LogP contribution >= 0.6 is 39.0 Å². The molecule has 0 saturated heterocycles. The summed E-state index contributed by atoms with van der Waals surface area (Å²) in [5.41, 5.74) is 6.06. The Morgan fingerprint density at radius 1 is 1.29 bits per heavy atom. The van der Waals surface area contributed by atoms with Gasteiger partial charge in [0, 0.05) is 14.2 Å². The lowest BCUT2D eigenvalue weighted by molar-refractivity contribution is 1.08. The molecule has 0 aliphatic rings. The van der Waals surface area contributed by atoms with Gasteiger partial charge in [0.15, 0.2) is 0 Å². The van der Waals surface area contributed by atoms with Crippen molar-refractivity contribution in [2.75, 3.05) is 5.73 Å². The number of thioether (sulfide) groups is 1. The Morgan fingerprint density at radius 2 is 2.10 bits per heavy atom. The minimum Gasteiger partial charge on any atom is -0.383 e. The Labute approximate surface area is 140 Å². The van der Waals surface area contributed by atoms with Gasteiger partial charge in [-0.2, -0.15) is 0 Å². The van der Waals surface area contributed by atoms with Crippen molar-refractivity contribution in [1.82, 2.24) is 9.97 Å². The van der Waals surface area contributed by atoms with Crippen molar-refractivity contribution in [3.8, 4) is 0 Å². The molecule has 3 aromatic rings. The Hall–Kier alpha value is -1.11. The number of hydrogen-bond acceptors (Lipinski definition) is 5. The summed E-state index contributed by atoms with van der Waals surface area (Å²) in [7, 11) is 0. The molecule has 0 aliphatic heterocycles. The molecular weight excluding hydrogens is 366 g/mol. The van der Waals surface area contributed by atoms with Crippen LogP contribution < -0.4 is 5.73 Å². The maximum absolute atomic E-state index is 6.06. The summed E-state index contributed by atoms with van der Waals surface area (Å²) in [5, 5.41) is 0.978. The molecule has 0 radical (unpaired) electrons. The van der Waals surface area contributed by atoms with Crippen LogP contribution in [0.3, 0.4) is 0 Å². The lowest BCUT2D eigenvalue weighted by Gasteiger charge is -2.04. The number of halogens is 1. The molecule has 0 atom stereocenters. The molecule has 0 bridgehead atoms. The molecule has 3 rings (SSSR count). The molecule has 108 valence electrons. The minimum atomic E-state index is 0.582. The van der Waals surface area contributed by atoms with Crippen LogP contribution in [0.1, 0.15) is 17.6 Å². The van der Waals surface area contributed by atoms with Crippen molar-refractivity contribution in [3.05, 3.63) is 45.5 Å². The van der Waals surface area contributed by atoms with Crippen molar-refractivity contribution in [2.45, 2.75) is 24.0 Å². The van der Waals surface area contributed by atoms with E-state index >= 15 is 0 Å². The number of rotatable bonds is 4. The first-order chi connectivity index (χ1) is 10.2. The van der Waals surface area contributed by atoms with E-state index in [0.29, 0.717) is 11.6 Å². The number of hydrogen-bond donors (Lipinski definition) is 1. The van der Waals surface area contributed by atoms with E-state index in [9.17, 15) is 0 Å². The van der Waals surface area contributed by atoms with Crippen LogP contribution in [0.2, 0.25) is 0 Å². The standard InChI is InChI=1S/C15H14BrN3S2/c1-2-9-7-10-14(17)18-13(19-15(10)21-9)8-20-12-6-4-3-5-11(12)16/h3-7H,2,8H2,1H3,(H2,17,18,19). The van der Waals surface area contributed by atoms with E-state index in [-0.39, 0.29) is 0 Å². The average molecular weight is 380 g/mol. The van der Waals surface area contributed by atoms with Crippen LogP contribution in [0.25, 0.3) is 10.2 Å². The summed E-state index contributed by atoms with van der Waals surface area (Å²) in [5.74, 6) is 2.08. The Balaban J connectivity index is 1.86. The smallest absolute Gasteiger partial charge is 0.142 e. The summed E-state index contributed by atoms with van der Waals surface area (Å²) in [6.45, 7) is 2.14. The van der Waals surface area contributed by atoms with Gasteiger partial charge in [0.25, 0.3) is 0 Å². The third-order valence-electron chi connectivity index (χ3n) is 3.06. The monoisotopic (exact) mass is 379 g/mol. The van der Waals surface area contributed by atoms with Gasteiger partial charge in [-0.25, -0.2) is 9.97 Å². The van der Waals surface area contributed by atoms with Gasteiger partial charge in [-0.1, -0.05) is 19.1 Å². The van der Waals surface area contributed by atoms with Gasteiger partial charge >= 0.3 is 0 Å². The summed E-state index contributed by atoms with van der Waals surface area (Å²) in [6.07, 6.45) is 1.00. The van der Waals surface area contributed by atoms with Gasteiger partial charge < -0.3 is 5.73 Å². The zero-order valence-corrected chi connectivity index (χ0v) is 14.7. The van der Waals surface area contributed by atoms with E-state index in [4.69, 9.17) is 5.73 Å². The van der Waals surface area contributed by atoms with E-state index < -0.39 is 0 Å². The second kappa shape index (κ2) is 6.34. The van der Waals surface area contributed by atoms with Crippen molar-refractivity contribution < 1.29 is 0 Å². The number of nitrogens with two attached hydrogens (primary N) is 1. The number of thiophene rings is 1. The van der Waals surface area contributed by atoms with Gasteiger partial charge in [0.1, 0.15) is 16.5 Å². The Morgan fingerprint density at radius 3 is 2.86 bits per heavy atom. The van der Waals surface area contributed by atoms with Crippen LogP contribution in [0.4, 0.5) is 5.82 Å². The topological polar surface area (TPSA) is 51.8 Å². The molecule has 0 aliphatic carbocycles. The highest BCUT2D eigenvalue weighted by atomic mass is 79.9. The highest BCUT2D eigenvalue weighted by Crippen LogP contribution is 2.31. The van der Waals surface area contributed by atoms with E-state index in [1.165, 1.54) is 9.77 Å². The zero-order valence-electron chi connectivity index (χ0n) is 11.5. The predicted molar refractivity (Wildman–Crippen MR) is 94.9 cm³/mol. The third kappa shape index (κ3) is 3.22. The highest BCUT2D eigenvalue weighted by molar-refractivity contribution is 9.10.